The summed E-state index contributed by atoms with van der Waals surface area (Å²) in [6.45, 7) is 8.52. The Morgan fingerprint density at radius 2 is 1.70 bits per heavy atom. The fourth-order valence-corrected chi connectivity index (χ4v) is 5.04. The molecule has 0 saturated carbocycles. The average molecular weight is 469 g/mol. The average Bonchev–Trinajstić information content (AvgIpc) is 3.28. The number of rotatable bonds is 10. The minimum atomic E-state index is -3.98. The quantitative estimate of drug-likeness (QED) is 0.442. The molecule has 0 unspecified atom stereocenters. The molecule has 1 heterocycles. The van der Waals surface area contributed by atoms with E-state index < -0.39 is 10.0 Å². The molecule has 0 aliphatic heterocycles. The van der Waals surface area contributed by atoms with E-state index in [1.807, 2.05) is 52.0 Å². The molecule has 0 bridgehead atoms. The van der Waals surface area contributed by atoms with E-state index in [0.717, 1.165) is 17.5 Å². The first-order valence-corrected chi connectivity index (χ1v) is 12.6. The van der Waals surface area contributed by atoms with Gasteiger partial charge in [-0.05, 0) is 44.9 Å². The van der Waals surface area contributed by atoms with Crippen LogP contribution < -0.4 is 4.31 Å². The Bertz CT molecular complexity index is 1160. The van der Waals surface area contributed by atoms with Gasteiger partial charge in [0.05, 0.1) is 11.1 Å². The number of amides is 1. The summed E-state index contributed by atoms with van der Waals surface area (Å²) in [5, 5.41) is 4.29. The van der Waals surface area contributed by atoms with Gasteiger partial charge in [0, 0.05) is 25.2 Å². The summed E-state index contributed by atoms with van der Waals surface area (Å²) in [6.07, 6.45) is 2.33. The molecule has 0 N–H and O–H groups in total. The molecule has 0 saturated heterocycles. The summed E-state index contributed by atoms with van der Waals surface area (Å²) < 4.78 is 30.1. The molecule has 0 spiro atoms. The van der Waals surface area contributed by atoms with E-state index >= 15 is 0 Å². The van der Waals surface area contributed by atoms with Crippen molar-refractivity contribution in [3.05, 3.63) is 78.0 Å². The summed E-state index contributed by atoms with van der Waals surface area (Å²) in [4.78, 5) is 15.3. The predicted molar refractivity (Wildman–Crippen MR) is 130 cm³/mol. The summed E-state index contributed by atoms with van der Waals surface area (Å²) >= 11 is 0. The molecule has 176 valence electrons. The van der Waals surface area contributed by atoms with E-state index in [-0.39, 0.29) is 23.4 Å². The zero-order valence-electron chi connectivity index (χ0n) is 19.7. The largest absolute Gasteiger partial charge is 0.337 e. The highest BCUT2D eigenvalue weighted by Gasteiger charge is 2.31. The summed E-state index contributed by atoms with van der Waals surface area (Å²) in [5.74, 6) is 0.113. The number of hydrogen-bond acceptors (Lipinski definition) is 4. The molecule has 33 heavy (non-hydrogen) atoms. The predicted octanol–water partition coefficient (Wildman–Crippen LogP) is 4.41. The Balaban J connectivity index is 1.96. The maximum absolute atomic E-state index is 13.6. The van der Waals surface area contributed by atoms with Crippen LogP contribution in [0.4, 0.5) is 5.82 Å². The van der Waals surface area contributed by atoms with Crippen LogP contribution in [0.15, 0.2) is 71.8 Å². The Kier molecular flexibility index (Phi) is 7.92. The van der Waals surface area contributed by atoms with Gasteiger partial charge >= 0.3 is 0 Å². The number of aryl methyl sites for hydroxylation is 1. The monoisotopic (exact) mass is 468 g/mol. The van der Waals surface area contributed by atoms with Gasteiger partial charge in [-0.1, -0.05) is 55.0 Å². The van der Waals surface area contributed by atoms with Crippen molar-refractivity contribution in [2.75, 3.05) is 17.4 Å². The maximum Gasteiger partial charge on any atom is 0.265 e. The molecule has 0 aliphatic carbocycles. The molecule has 1 amide bonds. The van der Waals surface area contributed by atoms with Crippen molar-refractivity contribution in [2.24, 2.45) is 0 Å². The van der Waals surface area contributed by atoms with Gasteiger partial charge in [-0.25, -0.2) is 17.4 Å². The van der Waals surface area contributed by atoms with Gasteiger partial charge in [0.25, 0.3) is 10.0 Å². The maximum atomic E-state index is 13.6. The van der Waals surface area contributed by atoms with Crippen molar-refractivity contribution < 1.29 is 13.2 Å². The van der Waals surface area contributed by atoms with Crippen molar-refractivity contribution in [3.63, 3.8) is 0 Å². The van der Waals surface area contributed by atoms with Gasteiger partial charge in [-0.2, -0.15) is 5.10 Å². The van der Waals surface area contributed by atoms with Crippen LogP contribution in [0.2, 0.25) is 0 Å². The molecular formula is C25H32N4O3S. The Labute approximate surface area is 196 Å². The summed E-state index contributed by atoms with van der Waals surface area (Å²) in [6, 6.07) is 17.8. The SMILES string of the molecule is CCCN(Cc1ccc(C)cc1)C(=O)CN(c1ccnn1C(C)C)S(=O)(=O)c1ccccc1. The highest BCUT2D eigenvalue weighted by Crippen LogP contribution is 2.26. The molecule has 8 heteroatoms. The second kappa shape index (κ2) is 10.7. The second-order valence-corrected chi connectivity index (χ2v) is 10.2. The number of nitrogens with zero attached hydrogens (tertiary/aromatic N) is 4. The first kappa shape index (κ1) is 24.5. The minimum absolute atomic E-state index is 0.0714. The molecular weight excluding hydrogens is 436 g/mol. The molecule has 0 fully saturated rings. The molecule has 0 radical (unpaired) electrons. The van der Waals surface area contributed by atoms with Crippen molar-refractivity contribution in [3.8, 4) is 0 Å². The number of benzene rings is 2. The van der Waals surface area contributed by atoms with Gasteiger partial charge in [0.2, 0.25) is 5.91 Å². The number of anilines is 1. The van der Waals surface area contributed by atoms with E-state index in [0.29, 0.717) is 18.9 Å². The topological polar surface area (TPSA) is 75.5 Å². The second-order valence-electron chi connectivity index (χ2n) is 8.35. The van der Waals surface area contributed by atoms with Crippen LogP contribution in [0.1, 0.15) is 44.4 Å². The zero-order valence-corrected chi connectivity index (χ0v) is 20.5. The molecule has 7 nitrogen and oxygen atoms in total. The third kappa shape index (κ3) is 5.82. The lowest BCUT2D eigenvalue weighted by atomic mass is 10.1. The number of aromatic nitrogens is 2. The summed E-state index contributed by atoms with van der Waals surface area (Å²) in [5.41, 5.74) is 2.15. The standard InChI is InChI=1S/C25H32N4O3S/c1-5-17-27(18-22-13-11-21(4)12-14-22)25(30)19-28(24-15-16-26-29(24)20(2)3)33(31,32)23-9-7-6-8-10-23/h6-16,20H,5,17-19H2,1-4H3. The van der Waals surface area contributed by atoms with Gasteiger partial charge in [-0.15, -0.1) is 0 Å². The first-order valence-electron chi connectivity index (χ1n) is 11.2. The fourth-order valence-electron chi connectivity index (χ4n) is 3.61. The fraction of sp³-hybridized carbons (Fsp3) is 0.360. The molecule has 3 aromatic rings. The van der Waals surface area contributed by atoms with Crippen LogP contribution in [0.25, 0.3) is 0 Å². The van der Waals surface area contributed by atoms with Crippen molar-refractivity contribution in [1.82, 2.24) is 14.7 Å². The van der Waals surface area contributed by atoms with E-state index in [1.54, 1.807) is 52.2 Å². The number of carbonyl (C=O) groups is 1. The van der Waals surface area contributed by atoms with E-state index in [4.69, 9.17) is 0 Å². The normalized spacial score (nSPS) is 11.5. The van der Waals surface area contributed by atoms with Crippen LogP contribution in [-0.2, 0) is 21.4 Å². The minimum Gasteiger partial charge on any atom is -0.337 e. The van der Waals surface area contributed by atoms with Crippen molar-refractivity contribution in [2.45, 2.75) is 51.6 Å². The van der Waals surface area contributed by atoms with E-state index in [9.17, 15) is 13.2 Å². The van der Waals surface area contributed by atoms with Crippen LogP contribution in [0.3, 0.4) is 0 Å². The first-order chi connectivity index (χ1) is 15.7. The molecule has 3 rings (SSSR count). The van der Waals surface area contributed by atoms with Gasteiger partial charge in [-0.3, -0.25) is 4.79 Å². The lowest BCUT2D eigenvalue weighted by Crippen LogP contribution is -2.44. The van der Waals surface area contributed by atoms with Gasteiger partial charge in [0.1, 0.15) is 12.4 Å². The third-order valence-electron chi connectivity index (χ3n) is 5.34. The Morgan fingerprint density at radius 1 is 1.03 bits per heavy atom. The van der Waals surface area contributed by atoms with Crippen LogP contribution in [0, 0.1) is 6.92 Å². The van der Waals surface area contributed by atoms with Crippen LogP contribution in [-0.4, -0.2) is 42.1 Å². The third-order valence-corrected chi connectivity index (χ3v) is 7.11. The molecule has 1 aromatic heterocycles. The number of hydrogen-bond donors (Lipinski definition) is 0. The number of sulfonamides is 1. The van der Waals surface area contributed by atoms with Gasteiger partial charge in [0.15, 0.2) is 0 Å². The van der Waals surface area contributed by atoms with Gasteiger partial charge < -0.3 is 4.90 Å². The van der Waals surface area contributed by atoms with Crippen LogP contribution >= 0.6 is 0 Å². The zero-order chi connectivity index (χ0) is 24.0. The molecule has 0 aliphatic rings. The smallest absolute Gasteiger partial charge is 0.265 e. The van der Waals surface area contributed by atoms with Crippen LogP contribution in [0.5, 0.6) is 0 Å². The summed E-state index contributed by atoms with van der Waals surface area (Å²) in [7, 11) is -3.98. The van der Waals surface area contributed by atoms with E-state index in [1.165, 1.54) is 4.31 Å². The van der Waals surface area contributed by atoms with Crippen molar-refractivity contribution in [1.29, 1.82) is 0 Å². The lowest BCUT2D eigenvalue weighted by molar-refractivity contribution is -0.130. The van der Waals surface area contributed by atoms with Crippen molar-refractivity contribution >= 4 is 21.7 Å². The Hall–Kier alpha value is -3.13. The highest BCUT2D eigenvalue weighted by atomic mass is 32.2. The Morgan fingerprint density at radius 3 is 2.30 bits per heavy atom. The molecule has 0 atom stereocenters. The lowest BCUT2D eigenvalue weighted by Gasteiger charge is -2.29. The van der Waals surface area contributed by atoms with E-state index in [2.05, 4.69) is 5.10 Å². The highest BCUT2D eigenvalue weighted by molar-refractivity contribution is 7.92. The molecule has 2 aromatic carbocycles. The number of carbonyl (C=O) groups excluding carboxylic acids is 1.